The number of carbonyl (C=O) groups excluding carboxylic acids is 4. The van der Waals surface area contributed by atoms with Crippen LogP contribution in [0.5, 0.6) is 0 Å². The van der Waals surface area contributed by atoms with Crippen molar-refractivity contribution >= 4 is 40.5 Å². The molecule has 0 aliphatic carbocycles. The summed E-state index contributed by atoms with van der Waals surface area (Å²) >= 11 is 0. The monoisotopic (exact) mass is 764 g/mol. The number of Topliss-reactive ketones (excluding diaryl/α,β-unsaturated/α-hetero) is 2. The number of nitrogens with zero attached hydrogens (tertiary/aromatic N) is 1. The van der Waals surface area contributed by atoms with E-state index >= 15 is 0 Å². The number of fused-ring (bicyclic) bond motifs is 2. The van der Waals surface area contributed by atoms with E-state index in [0.717, 1.165) is 16.3 Å². The van der Waals surface area contributed by atoms with Crippen LogP contribution in [0.1, 0.15) is 80.2 Å². The highest BCUT2D eigenvalue weighted by atomic mass is 16.7. The molecular weight excluding hydrogens is 704 g/mol. The van der Waals surface area contributed by atoms with Crippen molar-refractivity contribution in [1.82, 2.24) is 10.2 Å². The van der Waals surface area contributed by atoms with E-state index < -0.39 is 83.4 Å². The minimum Gasteiger partial charge on any atom is -0.458 e. The van der Waals surface area contributed by atoms with Crippen LogP contribution >= 0.6 is 0 Å². The van der Waals surface area contributed by atoms with Gasteiger partial charge < -0.3 is 39.0 Å². The van der Waals surface area contributed by atoms with Gasteiger partial charge in [0.25, 0.3) is 0 Å². The van der Waals surface area contributed by atoms with E-state index in [0.29, 0.717) is 6.42 Å². The van der Waals surface area contributed by atoms with E-state index in [2.05, 4.69) is 11.4 Å². The second kappa shape index (κ2) is 17.2. The highest BCUT2D eigenvalue weighted by molar-refractivity contribution is 6.00. The number of likely N-dealkylation sites (N-methyl/N-ethyl adjacent to an activating group) is 1. The van der Waals surface area contributed by atoms with Crippen molar-refractivity contribution in [2.75, 3.05) is 20.7 Å². The van der Waals surface area contributed by atoms with Crippen molar-refractivity contribution < 1.29 is 48.0 Å². The lowest BCUT2D eigenvalue weighted by Gasteiger charge is -2.47. The van der Waals surface area contributed by atoms with Crippen molar-refractivity contribution in [3.63, 3.8) is 0 Å². The number of hydrogen-bond acceptors (Lipinski definition) is 11. The summed E-state index contributed by atoms with van der Waals surface area (Å²) in [5, 5.41) is 16.6. The number of rotatable bonds is 8. The van der Waals surface area contributed by atoms with Crippen molar-refractivity contribution in [2.24, 2.45) is 23.7 Å². The third-order valence-corrected chi connectivity index (χ3v) is 12.1. The fourth-order valence-electron chi connectivity index (χ4n) is 8.94. The van der Waals surface area contributed by atoms with Gasteiger partial charge in [-0.1, -0.05) is 82.3 Å². The Hall–Kier alpha value is -3.68. The van der Waals surface area contributed by atoms with Crippen LogP contribution in [0.4, 0.5) is 4.79 Å². The summed E-state index contributed by atoms with van der Waals surface area (Å²) in [4.78, 5) is 57.4. The molecule has 0 saturated carbocycles. The molecule has 12 nitrogen and oxygen atoms in total. The third kappa shape index (κ3) is 8.83. The van der Waals surface area contributed by atoms with E-state index in [1.807, 2.05) is 74.5 Å². The van der Waals surface area contributed by atoms with Crippen LogP contribution in [-0.2, 0) is 38.1 Å². The Bertz CT molecular complexity index is 1740. The van der Waals surface area contributed by atoms with Gasteiger partial charge in [-0.2, -0.15) is 0 Å². The molecule has 5 rings (SSSR count). The fraction of sp³-hybridized carbons (Fsp3) is 0.628. The Labute approximate surface area is 325 Å². The molecule has 12 heteroatoms. The predicted octanol–water partition coefficient (Wildman–Crippen LogP) is 5.71. The summed E-state index contributed by atoms with van der Waals surface area (Å²) in [5.74, 6) is -5.07. The molecule has 0 spiro atoms. The molecule has 0 bridgehead atoms. The van der Waals surface area contributed by atoms with Crippen molar-refractivity contribution in [3.05, 3.63) is 54.1 Å². The molecule has 2 aromatic carbocycles. The average Bonchev–Trinajstić information content (AvgIpc) is 3.47. The Kier molecular flexibility index (Phi) is 13.3. The Morgan fingerprint density at radius 2 is 1.65 bits per heavy atom. The second-order valence-electron chi connectivity index (χ2n) is 16.5. The number of amides is 1. The number of cyclic esters (lactones) is 1. The first-order valence-corrected chi connectivity index (χ1v) is 19.6. The summed E-state index contributed by atoms with van der Waals surface area (Å²) in [7, 11) is 3.75. The molecule has 2 N–H and O–H groups in total. The van der Waals surface area contributed by atoms with Crippen molar-refractivity contribution in [2.45, 2.75) is 129 Å². The Morgan fingerprint density at radius 3 is 2.35 bits per heavy atom. The van der Waals surface area contributed by atoms with Gasteiger partial charge in [0, 0.05) is 23.8 Å². The molecule has 0 unspecified atom stereocenters. The molecule has 1 amide bonds. The maximum absolute atomic E-state index is 14.4. The first kappa shape index (κ1) is 42.5. The zero-order valence-electron chi connectivity index (χ0n) is 33.9. The van der Waals surface area contributed by atoms with Crippen LogP contribution in [-0.4, -0.2) is 108 Å². The molecule has 3 saturated heterocycles. The van der Waals surface area contributed by atoms with Crippen molar-refractivity contribution in [1.29, 1.82) is 0 Å². The number of benzene rings is 2. The third-order valence-electron chi connectivity index (χ3n) is 12.1. The van der Waals surface area contributed by atoms with Gasteiger partial charge in [0.15, 0.2) is 17.7 Å². The molecule has 2 aromatic rings. The number of aliphatic hydroxyl groups is 1. The summed E-state index contributed by atoms with van der Waals surface area (Å²) in [5.41, 5.74) is -1.72. The lowest BCUT2D eigenvalue weighted by atomic mass is 9.73. The average molecular weight is 765 g/mol. The maximum Gasteiger partial charge on any atom is 0.408 e. The first-order valence-electron chi connectivity index (χ1n) is 19.6. The number of hydrogen-bond donors (Lipinski definition) is 2. The van der Waals surface area contributed by atoms with Crippen LogP contribution in [0.15, 0.2) is 48.5 Å². The Balaban J connectivity index is 1.57. The van der Waals surface area contributed by atoms with Gasteiger partial charge in [-0.3, -0.25) is 14.4 Å². The van der Waals surface area contributed by atoms with Crippen LogP contribution in [0.2, 0.25) is 0 Å². The number of ketones is 2. The van der Waals surface area contributed by atoms with Gasteiger partial charge in [0.05, 0.1) is 30.5 Å². The van der Waals surface area contributed by atoms with Crippen molar-refractivity contribution in [3.8, 4) is 0 Å². The highest BCUT2D eigenvalue weighted by Crippen LogP contribution is 2.40. The maximum atomic E-state index is 14.4. The zero-order valence-corrected chi connectivity index (χ0v) is 33.9. The largest absolute Gasteiger partial charge is 0.458 e. The number of esters is 1. The molecule has 3 aliphatic heterocycles. The minimum absolute atomic E-state index is 0.0854. The van der Waals surface area contributed by atoms with E-state index in [1.165, 1.54) is 6.92 Å². The number of carbonyl (C=O) groups is 4. The van der Waals surface area contributed by atoms with E-state index in [4.69, 9.17) is 23.7 Å². The van der Waals surface area contributed by atoms with Gasteiger partial charge in [-0.15, -0.1) is 0 Å². The standard InChI is InChI=1S/C43H60N2O10/c1-11-33-43(8)37(44-41(50)55-43)26(4)34(46)24(2)23-42(7,51-21-15-19-30-18-14-17-29-16-12-13-20-31(29)30)38(27(5)35(47)28(6)39(49)53-33)54-40-36(48)32(45(9)10)22-25(3)52-40/h12-20,24-28,32-33,36-38,40,48H,11,21-23H2,1-10H3,(H,44,50)/b19-15+/t24-,25-,26+,27+,28-,32+,33-,36-,37-,38-,40+,42-,43-/m1/s1. The summed E-state index contributed by atoms with van der Waals surface area (Å²) in [6, 6.07) is 13.0. The molecule has 3 fully saturated rings. The molecule has 0 aromatic heterocycles. The van der Waals surface area contributed by atoms with Gasteiger partial charge in [-0.05, 0) is 77.4 Å². The topological polar surface area (TPSA) is 150 Å². The van der Waals surface area contributed by atoms with Gasteiger partial charge in [0.1, 0.15) is 23.9 Å². The van der Waals surface area contributed by atoms with E-state index in [-0.39, 0.29) is 37.4 Å². The molecule has 3 heterocycles. The number of ether oxygens (including phenoxy) is 5. The lowest BCUT2D eigenvalue weighted by Crippen LogP contribution is -2.60. The molecule has 0 radical (unpaired) electrons. The van der Waals surface area contributed by atoms with Crippen LogP contribution in [0.25, 0.3) is 16.8 Å². The fourth-order valence-corrected chi connectivity index (χ4v) is 8.94. The SMILES string of the molecule is CC[C@H]1OC(=O)[C@H](C)C(=O)[C@H](C)[C@@H](O[C@@H]2O[C@H](C)C[C@H](N(C)C)[C@H]2O)[C@](C)(OC/C=C/c2cccc3ccccc23)C[C@@H](C)C(=O)[C@H](C)[C@H]2NC(=O)O[C@@]21C. The summed E-state index contributed by atoms with van der Waals surface area (Å²) in [6.45, 7) is 13.9. The van der Waals surface area contributed by atoms with E-state index in [1.54, 1.807) is 41.5 Å². The highest BCUT2D eigenvalue weighted by Gasteiger charge is 2.57. The van der Waals surface area contributed by atoms with Gasteiger partial charge >= 0.3 is 12.1 Å². The number of nitrogens with one attached hydrogen (secondary N) is 1. The minimum atomic E-state index is -1.37. The predicted molar refractivity (Wildman–Crippen MR) is 208 cm³/mol. The Morgan fingerprint density at radius 1 is 0.964 bits per heavy atom. The molecule has 55 heavy (non-hydrogen) atoms. The summed E-state index contributed by atoms with van der Waals surface area (Å²) in [6.07, 6.45) is -0.458. The smallest absolute Gasteiger partial charge is 0.408 e. The second-order valence-corrected chi connectivity index (χ2v) is 16.5. The molecule has 302 valence electrons. The number of alkyl carbamates (subject to hydrolysis) is 1. The molecule has 13 atom stereocenters. The normalized spacial score (nSPS) is 38.1. The van der Waals surface area contributed by atoms with Gasteiger partial charge in [0.2, 0.25) is 0 Å². The quantitative estimate of drug-likeness (QED) is 0.251. The lowest BCUT2D eigenvalue weighted by molar-refractivity contribution is -0.296. The molecule has 3 aliphatic rings. The van der Waals surface area contributed by atoms with Crippen LogP contribution in [0, 0.1) is 23.7 Å². The first-order chi connectivity index (χ1) is 25.9. The van der Waals surface area contributed by atoms with Crippen LogP contribution < -0.4 is 5.32 Å². The van der Waals surface area contributed by atoms with Crippen LogP contribution in [0.3, 0.4) is 0 Å². The summed E-state index contributed by atoms with van der Waals surface area (Å²) < 4.78 is 31.5. The van der Waals surface area contributed by atoms with E-state index in [9.17, 15) is 24.3 Å². The zero-order chi connectivity index (χ0) is 40.4. The molecular formula is C43H60N2O10. The van der Waals surface area contributed by atoms with Gasteiger partial charge in [-0.25, -0.2) is 4.79 Å². The number of aliphatic hydroxyl groups excluding tert-OH is 1.